The number of benzene rings is 3. The average Bonchev–Trinajstić information content (AvgIpc) is 3.55. The Kier molecular flexibility index (Phi) is 5.39. The van der Waals surface area contributed by atoms with Crippen LogP contribution in [0.15, 0.2) is 92.6 Å². The van der Waals surface area contributed by atoms with Crippen molar-refractivity contribution in [1.82, 2.24) is 14.5 Å². The third-order valence-electron chi connectivity index (χ3n) is 6.13. The van der Waals surface area contributed by atoms with Crippen LogP contribution in [0.25, 0.3) is 22.6 Å². The van der Waals surface area contributed by atoms with Crippen LogP contribution in [0.3, 0.4) is 0 Å². The van der Waals surface area contributed by atoms with E-state index in [2.05, 4.69) is 15.5 Å². The summed E-state index contributed by atoms with van der Waals surface area (Å²) in [4.78, 5) is 12.8. The van der Waals surface area contributed by atoms with Gasteiger partial charge in [0.05, 0.1) is 4.90 Å². The van der Waals surface area contributed by atoms with Crippen molar-refractivity contribution in [2.24, 2.45) is 0 Å². The lowest BCUT2D eigenvalue weighted by molar-refractivity contribution is 0.102. The first-order valence-corrected chi connectivity index (χ1v) is 12.7. The SMILES string of the molecule is O=C(Nc1nnc(-c2cc3ccccc3o2)o1)c1ccc(S(=O)(=O)N2CCc3ccccc3C2)cc1. The maximum Gasteiger partial charge on any atom is 0.322 e. The molecule has 0 saturated heterocycles. The summed E-state index contributed by atoms with van der Waals surface area (Å²) in [5.74, 6) is 0.01000. The van der Waals surface area contributed by atoms with Gasteiger partial charge < -0.3 is 8.83 Å². The van der Waals surface area contributed by atoms with Crippen molar-refractivity contribution in [3.05, 3.63) is 95.6 Å². The fourth-order valence-electron chi connectivity index (χ4n) is 4.23. The van der Waals surface area contributed by atoms with Gasteiger partial charge in [0, 0.05) is 24.0 Å². The number of nitrogens with zero attached hydrogens (tertiary/aromatic N) is 3. The third kappa shape index (κ3) is 4.06. The van der Waals surface area contributed by atoms with E-state index in [1.807, 2.05) is 48.5 Å². The van der Waals surface area contributed by atoms with Gasteiger partial charge in [-0.1, -0.05) is 47.6 Å². The highest BCUT2D eigenvalue weighted by Gasteiger charge is 2.28. The molecule has 0 aliphatic carbocycles. The van der Waals surface area contributed by atoms with E-state index >= 15 is 0 Å². The zero-order valence-corrected chi connectivity index (χ0v) is 19.7. The molecular formula is C26H20N4O5S. The number of anilines is 1. The van der Waals surface area contributed by atoms with Crippen LogP contribution in [0.1, 0.15) is 21.5 Å². The summed E-state index contributed by atoms with van der Waals surface area (Å²) in [7, 11) is -3.69. The summed E-state index contributed by atoms with van der Waals surface area (Å²) in [6.07, 6.45) is 0.663. The molecule has 36 heavy (non-hydrogen) atoms. The van der Waals surface area contributed by atoms with Gasteiger partial charge in [-0.2, -0.15) is 4.31 Å². The van der Waals surface area contributed by atoms with E-state index in [0.717, 1.165) is 10.9 Å². The van der Waals surface area contributed by atoms with Crippen LogP contribution in [0.5, 0.6) is 0 Å². The Hall–Kier alpha value is -4.28. The number of nitrogens with one attached hydrogen (secondary N) is 1. The monoisotopic (exact) mass is 500 g/mol. The summed E-state index contributed by atoms with van der Waals surface area (Å²) < 4.78 is 39.0. The lowest BCUT2D eigenvalue weighted by atomic mass is 10.0. The first-order valence-electron chi connectivity index (χ1n) is 11.3. The number of fused-ring (bicyclic) bond motifs is 2. The number of furan rings is 1. The highest BCUT2D eigenvalue weighted by atomic mass is 32.2. The molecule has 5 aromatic rings. The quantitative estimate of drug-likeness (QED) is 0.378. The maximum absolute atomic E-state index is 13.2. The minimum absolute atomic E-state index is 0.0980. The van der Waals surface area contributed by atoms with Gasteiger partial charge in [-0.05, 0) is 53.9 Å². The Bertz CT molecular complexity index is 1660. The van der Waals surface area contributed by atoms with E-state index in [-0.39, 0.29) is 22.4 Å². The molecule has 1 aliphatic heterocycles. The average molecular weight is 501 g/mol. The van der Waals surface area contributed by atoms with Gasteiger partial charge >= 0.3 is 6.01 Å². The molecule has 1 aliphatic rings. The first kappa shape index (κ1) is 22.2. The second-order valence-electron chi connectivity index (χ2n) is 8.40. The van der Waals surface area contributed by atoms with Gasteiger partial charge in [0.15, 0.2) is 5.76 Å². The molecule has 1 N–H and O–H groups in total. The fraction of sp³-hybridized carbons (Fsp3) is 0.115. The van der Waals surface area contributed by atoms with Gasteiger partial charge in [0.1, 0.15) is 5.58 Å². The fourth-order valence-corrected chi connectivity index (χ4v) is 5.65. The van der Waals surface area contributed by atoms with Crippen molar-refractivity contribution in [1.29, 1.82) is 0 Å². The van der Waals surface area contributed by atoms with E-state index in [1.165, 1.54) is 34.1 Å². The Morgan fingerprint density at radius 1 is 0.889 bits per heavy atom. The molecule has 10 heteroatoms. The number of sulfonamides is 1. The molecule has 0 fully saturated rings. The Labute approximate surface area is 206 Å². The minimum atomic E-state index is -3.69. The van der Waals surface area contributed by atoms with E-state index in [9.17, 15) is 13.2 Å². The van der Waals surface area contributed by atoms with Crippen molar-refractivity contribution in [3.63, 3.8) is 0 Å². The second kappa shape index (κ2) is 8.74. The van der Waals surface area contributed by atoms with Gasteiger partial charge in [0.25, 0.3) is 11.8 Å². The molecule has 0 bridgehead atoms. The predicted molar refractivity (Wildman–Crippen MR) is 132 cm³/mol. The number of para-hydroxylation sites is 1. The Morgan fingerprint density at radius 3 is 2.44 bits per heavy atom. The van der Waals surface area contributed by atoms with E-state index in [4.69, 9.17) is 8.83 Å². The van der Waals surface area contributed by atoms with Crippen LogP contribution in [-0.2, 0) is 23.0 Å². The highest BCUT2D eigenvalue weighted by molar-refractivity contribution is 7.89. The number of carbonyl (C=O) groups is 1. The summed E-state index contributed by atoms with van der Waals surface area (Å²) in [5.41, 5.74) is 3.10. The van der Waals surface area contributed by atoms with Crippen LogP contribution >= 0.6 is 0 Å². The maximum atomic E-state index is 13.2. The van der Waals surface area contributed by atoms with E-state index in [0.29, 0.717) is 30.9 Å². The number of hydrogen-bond donors (Lipinski definition) is 1. The van der Waals surface area contributed by atoms with Crippen molar-refractivity contribution >= 4 is 32.9 Å². The summed E-state index contributed by atoms with van der Waals surface area (Å²) in [5, 5.41) is 11.2. The minimum Gasteiger partial charge on any atom is -0.451 e. The number of aromatic nitrogens is 2. The Balaban J connectivity index is 1.15. The standard InChI is InChI=1S/C26H20N4O5S/c31-24(27-26-29-28-25(35-26)23-15-19-6-3-4-8-22(19)34-23)18-9-11-21(12-10-18)36(32,33)30-14-13-17-5-1-2-7-20(17)16-30/h1-12,15H,13-14,16H2,(H,27,29,31). The van der Waals surface area contributed by atoms with Gasteiger partial charge in [-0.15, -0.1) is 5.10 Å². The van der Waals surface area contributed by atoms with Crippen LogP contribution in [0, 0.1) is 0 Å². The van der Waals surface area contributed by atoms with Gasteiger partial charge in [-0.3, -0.25) is 10.1 Å². The summed E-state index contributed by atoms with van der Waals surface area (Å²) in [6.45, 7) is 0.734. The number of amides is 1. The first-order chi connectivity index (χ1) is 17.5. The number of carbonyl (C=O) groups excluding carboxylic acids is 1. The molecule has 3 heterocycles. The lowest BCUT2D eigenvalue weighted by Crippen LogP contribution is -2.35. The molecule has 1 amide bonds. The van der Waals surface area contributed by atoms with Crippen molar-refractivity contribution < 1.29 is 22.0 Å². The van der Waals surface area contributed by atoms with Gasteiger partial charge in [-0.25, -0.2) is 8.42 Å². The summed E-state index contributed by atoms with van der Waals surface area (Å²) >= 11 is 0. The van der Waals surface area contributed by atoms with Crippen LogP contribution < -0.4 is 5.32 Å². The predicted octanol–water partition coefficient (Wildman–Crippen LogP) is 4.48. The zero-order chi connectivity index (χ0) is 24.7. The molecule has 0 spiro atoms. The van der Waals surface area contributed by atoms with Crippen LogP contribution in [0.4, 0.5) is 6.01 Å². The lowest BCUT2D eigenvalue weighted by Gasteiger charge is -2.28. The van der Waals surface area contributed by atoms with E-state index in [1.54, 1.807) is 6.07 Å². The highest BCUT2D eigenvalue weighted by Crippen LogP contribution is 2.28. The number of rotatable bonds is 5. The molecule has 2 aromatic heterocycles. The molecule has 3 aromatic carbocycles. The van der Waals surface area contributed by atoms with Crippen molar-refractivity contribution in [2.75, 3.05) is 11.9 Å². The molecule has 9 nitrogen and oxygen atoms in total. The van der Waals surface area contributed by atoms with Crippen molar-refractivity contribution in [2.45, 2.75) is 17.9 Å². The van der Waals surface area contributed by atoms with Crippen molar-refractivity contribution in [3.8, 4) is 11.7 Å². The second-order valence-corrected chi connectivity index (χ2v) is 10.3. The van der Waals surface area contributed by atoms with Gasteiger partial charge in [0.2, 0.25) is 10.0 Å². The largest absolute Gasteiger partial charge is 0.451 e. The van der Waals surface area contributed by atoms with Crippen LogP contribution in [-0.4, -0.2) is 35.4 Å². The smallest absolute Gasteiger partial charge is 0.322 e. The molecular weight excluding hydrogens is 480 g/mol. The molecule has 0 saturated carbocycles. The molecule has 0 radical (unpaired) electrons. The topological polar surface area (TPSA) is 119 Å². The molecule has 180 valence electrons. The van der Waals surface area contributed by atoms with E-state index < -0.39 is 15.9 Å². The third-order valence-corrected chi connectivity index (χ3v) is 7.99. The molecule has 6 rings (SSSR count). The Morgan fingerprint density at radius 2 is 1.64 bits per heavy atom. The zero-order valence-electron chi connectivity index (χ0n) is 18.9. The number of hydrogen-bond acceptors (Lipinski definition) is 7. The van der Waals surface area contributed by atoms with Crippen LogP contribution in [0.2, 0.25) is 0 Å². The normalized spacial score (nSPS) is 14.0. The molecule has 0 unspecified atom stereocenters. The summed E-state index contributed by atoms with van der Waals surface area (Å²) in [6, 6.07) is 22.8. The molecule has 0 atom stereocenters.